The fourth-order valence-corrected chi connectivity index (χ4v) is 1.79. The standard InChI is InChI=1S/C9H5N3O2S/c10-3-6-8(13)7(11-12-9(6)14)5-1-2-15-4-5/h1-2,4H,(H2,12,13,14). The van der Waals surface area contributed by atoms with Crippen molar-refractivity contribution in [3.8, 4) is 23.1 Å². The number of aromatic amines is 1. The molecule has 0 atom stereocenters. The first kappa shape index (κ1) is 9.43. The number of nitrogens with zero attached hydrogens (tertiary/aromatic N) is 2. The van der Waals surface area contributed by atoms with Gasteiger partial charge in [0.15, 0.2) is 11.3 Å². The van der Waals surface area contributed by atoms with Crippen LogP contribution >= 0.6 is 11.3 Å². The summed E-state index contributed by atoms with van der Waals surface area (Å²) < 4.78 is 0. The van der Waals surface area contributed by atoms with Crippen LogP contribution in [0.4, 0.5) is 0 Å². The van der Waals surface area contributed by atoms with Crippen LogP contribution in [0, 0.1) is 11.3 Å². The first-order valence-corrected chi connectivity index (χ1v) is 4.92. The number of rotatable bonds is 1. The molecular weight excluding hydrogens is 214 g/mol. The van der Waals surface area contributed by atoms with Gasteiger partial charge in [-0.05, 0) is 11.4 Å². The van der Waals surface area contributed by atoms with Gasteiger partial charge in [-0.15, -0.1) is 0 Å². The molecule has 2 aromatic heterocycles. The monoisotopic (exact) mass is 219 g/mol. The molecule has 0 saturated carbocycles. The largest absolute Gasteiger partial charge is 0.504 e. The number of thiophene rings is 1. The van der Waals surface area contributed by atoms with Crippen molar-refractivity contribution in [3.05, 3.63) is 32.7 Å². The van der Waals surface area contributed by atoms with E-state index in [0.29, 0.717) is 5.56 Å². The summed E-state index contributed by atoms with van der Waals surface area (Å²) in [7, 11) is 0. The summed E-state index contributed by atoms with van der Waals surface area (Å²) in [6, 6.07) is 3.38. The van der Waals surface area contributed by atoms with Crippen LogP contribution in [0.25, 0.3) is 11.3 Å². The fraction of sp³-hybridized carbons (Fsp3) is 0. The van der Waals surface area contributed by atoms with E-state index in [1.165, 1.54) is 11.3 Å². The number of hydrogen-bond donors (Lipinski definition) is 2. The molecule has 0 aromatic carbocycles. The van der Waals surface area contributed by atoms with Crippen LogP contribution in [0.5, 0.6) is 5.75 Å². The predicted octanol–water partition coefficient (Wildman–Crippen LogP) is 1.08. The van der Waals surface area contributed by atoms with Gasteiger partial charge in [0, 0.05) is 10.9 Å². The summed E-state index contributed by atoms with van der Waals surface area (Å²) >= 11 is 1.43. The van der Waals surface area contributed by atoms with Crippen molar-refractivity contribution in [2.45, 2.75) is 0 Å². The first-order valence-electron chi connectivity index (χ1n) is 3.98. The molecule has 0 aliphatic rings. The smallest absolute Gasteiger partial charge is 0.285 e. The second-order valence-electron chi connectivity index (χ2n) is 2.75. The second-order valence-corrected chi connectivity index (χ2v) is 3.53. The van der Waals surface area contributed by atoms with Crippen LogP contribution in [-0.4, -0.2) is 15.3 Å². The van der Waals surface area contributed by atoms with E-state index in [1.54, 1.807) is 17.5 Å². The Morgan fingerprint density at radius 3 is 3.00 bits per heavy atom. The summed E-state index contributed by atoms with van der Waals surface area (Å²) in [5.41, 5.74) is -0.113. The minimum atomic E-state index is -0.686. The van der Waals surface area contributed by atoms with Gasteiger partial charge in [-0.1, -0.05) is 0 Å². The van der Waals surface area contributed by atoms with E-state index >= 15 is 0 Å². The molecule has 2 rings (SSSR count). The highest BCUT2D eigenvalue weighted by Gasteiger charge is 2.14. The van der Waals surface area contributed by atoms with Gasteiger partial charge in [0.2, 0.25) is 0 Å². The van der Waals surface area contributed by atoms with E-state index in [-0.39, 0.29) is 17.0 Å². The molecule has 0 bridgehead atoms. The lowest BCUT2D eigenvalue weighted by molar-refractivity contribution is 0.470. The third kappa shape index (κ3) is 1.49. The number of aromatic hydroxyl groups is 1. The summed E-state index contributed by atoms with van der Waals surface area (Å²) in [4.78, 5) is 11.1. The van der Waals surface area contributed by atoms with Gasteiger partial charge in [-0.25, -0.2) is 5.10 Å². The lowest BCUT2D eigenvalue weighted by Crippen LogP contribution is -2.12. The number of aromatic nitrogens is 2. The quantitative estimate of drug-likeness (QED) is 0.750. The second kappa shape index (κ2) is 3.55. The highest BCUT2D eigenvalue weighted by atomic mass is 32.1. The maximum Gasteiger partial charge on any atom is 0.285 e. The molecular formula is C9H5N3O2S. The summed E-state index contributed by atoms with van der Waals surface area (Å²) in [5, 5.41) is 27.7. The Bertz CT molecular complexity index is 580. The van der Waals surface area contributed by atoms with Gasteiger partial charge in [-0.3, -0.25) is 4.79 Å². The molecule has 0 unspecified atom stereocenters. The zero-order valence-electron chi connectivity index (χ0n) is 7.39. The summed E-state index contributed by atoms with van der Waals surface area (Å²) in [6.45, 7) is 0. The van der Waals surface area contributed by atoms with Crippen LogP contribution in [-0.2, 0) is 0 Å². The Kier molecular flexibility index (Phi) is 2.23. The van der Waals surface area contributed by atoms with Gasteiger partial charge >= 0.3 is 0 Å². The van der Waals surface area contributed by atoms with Gasteiger partial charge in [0.05, 0.1) is 0 Å². The van der Waals surface area contributed by atoms with Crippen molar-refractivity contribution >= 4 is 11.3 Å². The van der Waals surface area contributed by atoms with E-state index in [0.717, 1.165) is 0 Å². The Morgan fingerprint density at radius 2 is 2.40 bits per heavy atom. The average molecular weight is 219 g/mol. The third-order valence-electron chi connectivity index (χ3n) is 1.86. The molecule has 0 spiro atoms. The maximum atomic E-state index is 11.1. The topological polar surface area (TPSA) is 89.8 Å². The average Bonchev–Trinajstić information content (AvgIpc) is 2.71. The molecule has 0 aliphatic heterocycles. The predicted molar refractivity (Wildman–Crippen MR) is 54.6 cm³/mol. The molecule has 6 heteroatoms. The molecule has 0 aliphatic carbocycles. The zero-order chi connectivity index (χ0) is 10.8. The summed E-state index contributed by atoms with van der Waals surface area (Å²) in [6.07, 6.45) is 0. The minimum absolute atomic E-state index is 0.215. The number of H-pyrrole nitrogens is 1. The van der Waals surface area contributed by atoms with E-state index in [2.05, 4.69) is 10.2 Å². The minimum Gasteiger partial charge on any atom is -0.504 e. The zero-order valence-corrected chi connectivity index (χ0v) is 8.21. The Morgan fingerprint density at radius 1 is 1.60 bits per heavy atom. The highest BCUT2D eigenvalue weighted by Crippen LogP contribution is 2.28. The molecule has 15 heavy (non-hydrogen) atoms. The van der Waals surface area contributed by atoms with Crippen molar-refractivity contribution in [1.82, 2.24) is 10.2 Å². The van der Waals surface area contributed by atoms with E-state index in [9.17, 15) is 9.90 Å². The van der Waals surface area contributed by atoms with E-state index < -0.39 is 5.56 Å². The molecule has 0 fully saturated rings. The van der Waals surface area contributed by atoms with Gasteiger partial charge in [0.25, 0.3) is 5.56 Å². The Hall–Kier alpha value is -2.13. The normalized spacial score (nSPS) is 9.80. The van der Waals surface area contributed by atoms with Crippen LogP contribution in [0.3, 0.4) is 0 Å². The number of nitriles is 1. The molecule has 2 aromatic rings. The summed E-state index contributed by atoms with van der Waals surface area (Å²) in [5.74, 6) is -0.375. The lowest BCUT2D eigenvalue weighted by atomic mass is 10.1. The Balaban J connectivity index is 2.72. The molecule has 0 saturated heterocycles. The van der Waals surface area contributed by atoms with Crippen molar-refractivity contribution in [2.24, 2.45) is 0 Å². The van der Waals surface area contributed by atoms with E-state index in [4.69, 9.17) is 5.26 Å². The third-order valence-corrected chi connectivity index (χ3v) is 2.55. The molecule has 0 radical (unpaired) electrons. The van der Waals surface area contributed by atoms with Crippen molar-refractivity contribution in [3.63, 3.8) is 0 Å². The highest BCUT2D eigenvalue weighted by molar-refractivity contribution is 7.08. The van der Waals surface area contributed by atoms with Gasteiger partial charge < -0.3 is 5.11 Å². The molecule has 2 heterocycles. The van der Waals surface area contributed by atoms with Crippen LogP contribution in [0.2, 0.25) is 0 Å². The van der Waals surface area contributed by atoms with Crippen LogP contribution in [0.15, 0.2) is 21.6 Å². The van der Waals surface area contributed by atoms with Crippen molar-refractivity contribution in [2.75, 3.05) is 0 Å². The van der Waals surface area contributed by atoms with Crippen LogP contribution < -0.4 is 5.56 Å². The van der Waals surface area contributed by atoms with Crippen molar-refractivity contribution < 1.29 is 5.11 Å². The SMILES string of the molecule is N#Cc1c(O)c(-c2ccsc2)n[nH]c1=O. The number of hydrogen-bond acceptors (Lipinski definition) is 5. The van der Waals surface area contributed by atoms with E-state index in [1.807, 2.05) is 5.38 Å². The molecule has 2 N–H and O–H groups in total. The lowest BCUT2D eigenvalue weighted by Gasteiger charge is -2.00. The Labute approximate surface area is 88.2 Å². The molecule has 74 valence electrons. The fourth-order valence-electron chi connectivity index (χ4n) is 1.15. The number of nitrogens with one attached hydrogen (secondary N) is 1. The molecule has 5 nitrogen and oxygen atoms in total. The first-order chi connectivity index (χ1) is 7.24. The van der Waals surface area contributed by atoms with Gasteiger partial charge in [-0.2, -0.15) is 21.7 Å². The van der Waals surface area contributed by atoms with Crippen LogP contribution in [0.1, 0.15) is 5.56 Å². The van der Waals surface area contributed by atoms with Gasteiger partial charge in [0.1, 0.15) is 11.8 Å². The molecule has 0 amide bonds. The van der Waals surface area contributed by atoms with Crippen molar-refractivity contribution in [1.29, 1.82) is 5.26 Å². The maximum absolute atomic E-state index is 11.1.